The van der Waals surface area contributed by atoms with Crippen LogP contribution in [0.5, 0.6) is 11.5 Å². The summed E-state index contributed by atoms with van der Waals surface area (Å²) in [6, 6.07) is 35.5. The molecule has 0 unspecified atom stereocenters. The molecular formula is C28H20O2. The number of benzene rings is 4. The van der Waals surface area contributed by atoms with Crippen LogP contribution in [0.1, 0.15) is 22.3 Å². The molecule has 5 rings (SSSR count). The van der Waals surface area contributed by atoms with E-state index >= 15 is 0 Å². The summed E-state index contributed by atoms with van der Waals surface area (Å²) in [6.45, 7) is 0. The van der Waals surface area contributed by atoms with E-state index in [0.29, 0.717) is 0 Å². The number of hydrogen-bond donors (Lipinski definition) is 2. The number of rotatable bonds is 4. The molecule has 4 aromatic carbocycles. The maximum absolute atomic E-state index is 9.80. The minimum absolute atomic E-state index is 0.254. The summed E-state index contributed by atoms with van der Waals surface area (Å²) in [5, 5.41) is 19.6. The normalized spacial score (nSPS) is 13.3. The standard InChI is InChI=1S/C28H20O2/c29-23-15-11-21(12-16-23)27-25(19-7-3-1-4-8-19)28(22-13-17-24(30)18-14-22)26(27)20-9-5-2-6-10-20/h1-18,29-30H. The van der Waals surface area contributed by atoms with Crippen LogP contribution >= 0.6 is 0 Å². The fourth-order valence-corrected chi connectivity index (χ4v) is 4.06. The van der Waals surface area contributed by atoms with E-state index in [4.69, 9.17) is 0 Å². The third kappa shape index (κ3) is 3.09. The summed E-state index contributed by atoms with van der Waals surface area (Å²) in [5.74, 6) is 0.507. The van der Waals surface area contributed by atoms with Crippen LogP contribution in [-0.2, 0) is 0 Å². The van der Waals surface area contributed by atoms with E-state index in [1.54, 1.807) is 24.3 Å². The fraction of sp³-hybridized carbons (Fsp3) is 0. The molecule has 2 N–H and O–H groups in total. The van der Waals surface area contributed by atoms with Gasteiger partial charge in [-0.15, -0.1) is 0 Å². The molecule has 0 bridgehead atoms. The van der Waals surface area contributed by atoms with Crippen molar-refractivity contribution in [2.75, 3.05) is 0 Å². The molecule has 0 spiro atoms. The van der Waals surface area contributed by atoms with Gasteiger partial charge in [0.25, 0.3) is 0 Å². The first kappa shape index (κ1) is 18.0. The van der Waals surface area contributed by atoms with Gasteiger partial charge >= 0.3 is 0 Å². The molecule has 2 nitrogen and oxygen atoms in total. The number of phenolic OH excluding ortho intramolecular Hbond substituents is 2. The maximum Gasteiger partial charge on any atom is 0.115 e. The highest BCUT2D eigenvalue weighted by molar-refractivity contribution is 6.43. The smallest absolute Gasteiger partial charge is 0.115 e. The zero-order chi connectivity index (χ0) is 20.5. The van der Waals surface area contributed by atoms with Gasteiger partial charge in [0.15, 0.2) is 0 Å². The van der Waals surface area contributed by atoms with Gasteiger partial charge in [0.05, 0.1) is 0 Å². The van der Waals surface area contributed by atoms with Gasteiger partial charge in [0.2, 0.25) is 0 Å². The second-order valence-corrected chi connectivity index (χ2v) is 7.33. The molecule has 0 heterocycles. The van der Waals surface area contributed by atoms with Crippen LogP contribution in [0.25, 0.3) is 22.3 Å². The van der Waals surface area contributed by atoms with E-state index in [0.717, 1.165) is 33.4 Å². The van der Waals surface area contributed by atoms with Crippen LogP contribution < -0.4 is 0 Å². The minimum Gasteiger partial charge on any atom is -0.508 e. The first-order chi connectivity index (χ1) is 14.7. The monoisotopic (exact) mass is 388 g/mol. The van der Waals surface area contributed by atoms with Crippen LogP contribution in [0.2, 0.25) is 0 Å². The van der Waals surface area contributed by atoms with Crippen LogP contribution in [0.4, 0.5) is 0 Å². The molecule has 2 heteroatoms. The molecule has 0 fully saturated rings. The Morgan fingerprint density at radius 2 is 0.567 bits per heavy atom. The lowest BCUT2D eigenvalue weighted by Crippen LogP contribution is -2.10. The number of allylic oxidation sites excluding steroid dienone is 4. The molecule has 1 aliphatic rings. The zero-order valence-corrected chi connectivity index (χ0v) is 16.3. The predicted molar refractivity (Wildman–Crippen MR) is 123 cm³/mol. The summed E-state index contributed by atoms with van der Waals surface area (Å²) in [6.07, 6.45) is 0. The Morgan fingerprint density at radius 1 is 0.300 bits per heavy atom. The van der Waals surface area contributed by atoms with Gasteiger partial charge in [-0.3, -0.25) is 0 Å². The SMILES string of the molecule is Oc1ccc(C2=C(c3ccccc3)C(c3ccc(O)cc3)=C2c2ccccc2)cc1. The first-order valence-corrected chi connectivity index (χ1v) is 9.91. The van der Waals surface area contributed by atoms with Crippen molar-refractivity contribution in [2.24, 2.45) is 0 Å². The lowest BCUT2D eigenvalue weighted by molar-refractivity contribution is 0.474. The van der Waals surface area contributed by atoms with Gasteiger partial charge < -0.3 is 10.2 Å². The third-order valence-corrected chi connectivity index (χ3v) is 5.44. The molecule has 0 saturated heterocycles. The summed E-state index contributed by atoms with van der Waals surface area (Å²) >= 11 is 0. The van der Waals surface area contributed by atoms with Crippen molar-refractivity contribution in [2.45, 2.75) is 0 Å². The Labute approximate surface area is 175 Å². The average molecular weight is 388 g/mol. The summed E-state index contributed by atoms with van der Waals surface area (Å²) in [4.78, 5) is 0. The van der Waals surface area contributed by atoms with E-state index in [-0.39, 0.29) is 11.5 Å². The molecule has 1 aliphatic carbocycles. The molecule has 144 valence electrons. The zero-order valence-electron chi connectivity index (χ0n) is 16.3. The molecule has 0 radical (unpaired) electrons. The lowest BCUT2D eigenvalue weighted by atomic mass is 9.69. The second-order valence-electron chi connectivity index (χ2n) is 7.33. The predicted octanol–water partition coefficient (Wildman–Crippen LogP) is 6.63. The molecule has 0 amide bonds. The second kappa shape index (κ2) is 7.41. The van der Waals surface area contributed by atoms with Gasteiger partial charge in [-0.1, -0.05) is 84.9 Å². The van der Waals surface area contributed by atoms with Crippen LogP contribution in [0.15, 0.2) is 109 Å². The van der Waals surface area contributed by atoms with Gasteiger partial charge in [-0.2, -0.15) is 0 Å². The van der Waals surface area contributed by atoms with E-state index in [2.05, 4.69) is 24.3 Å². The summed E-state index contributed by atoms with van der Waals surface area (Å²) in [7, 11) is 0. The quantitative estimate of drug-likeness (QED) is 0.412. The van der Waals surface area contributed by atoms with Crippen molar-refractivity contribution in [3.8, 4) is 11.5 Å². The number of aromatic hydroxyl groups is 2. The van der Waals surface area contributed by atoms with Crippen molar-refractivity contribution in [1.82, 2.24) is 0 Å². The van der Waals surface area contributed by atoms with E-state index in [9.17, 15) is 10.2 Å². The average Bonchev–Trinajstić information content (AvgIpc) is 2.77. The van der Waals surface area contributed by atoms with Gasteiger partial charge in [-0.05, 0) is 68.8 Å². The molecular weight excluding hydrogens is 368 g/mol. The van der Waals surface area contributed by atoms with Gasteiger partial charge in [0.1, 0.15) is 11.5 Å². The van der Waals surface area contributed by atoms with E-state index in [1.807, 2.05) is 60.7 Å². The Hall–Kier alpha value is -4.04. The van der Waals surface area contributed by atoms with Crippen molar-refractivity contribution < 1.29 is 10.2 Å². The molecule has 0 aliphatic heterocycles. The number of phenols is 2. The highest BCUT2D eigenvalue weighted by Gasteiger charge is 2.32. The van der Waals surface area contributed by atoms with E-state index in [1.165, 1.54) is 11.1 Å². The maximum atomic E-state index is 9.80. The van der Waals surface area contributed by atoms with E-state index < -0.39 is 0 Å². The minimum atomic E-state index is 0.254. The largest absolute Gasteiger partial charge is 0.508 e. The summed E-state index contributed by atoms with van der Waals surface area (Å²) < 4.78 is 0. The van der Waals surface area contributed by atoms with Crippen LogP contribution in [0, 0.1) is 0 Å². The Morgan fingerprint density at radius 3 is 0.867 bits per heavy atom. The first-order valence-electron chi connectivity index (χ1n) is 9.91. The molecule has 0 atom stereocenters. The molecule has 0 saturated carbocycles. The van der Waals surface area contributed by atoms with Crippen molar-refractivity contribution >= 4 is 22.3 Å². The summed E-state index contributed by atoms with van der Waals surface area (Å²) in [5.41, 5.74) is 9.08. The highest BCUT2D eigenvalue weighted by atomic mass is 16.3. The van der Waals surface area contributed by atoms with Gasteiger partial charge in [0, 0.05) is 0 Å². The Kier molecular flexibility index (Phi) is 4.45. The van der Waals surface area contributed by atoms with Gasteiger partial charge in [-0.25, -0.2) is 0 Å². The fourth-order valence-electron chi connectivity index (χ4n) is 4.06. The Balaban J connectivity index is 1.79. The molecule has 4 aromatic rings. The Bertz CT molecular complexity index is 1130. The van der Waals surface area contributed by atoms with Crippen molar-refractivity contribution in [3.63, 3.8) is 0 Å². The topological polar surface area (TPSA) is 40.5 Å². The van der Waals surface area contributed by atoms with Crippen LogP contribution in [0.3, 0.4) is 0 Å². The molecule has 30 heavy (non-hydrogen) atoms. The van der Waals surface area contributed by atoms with Crippen molar-refractivity contribution in [3.05, 3.63) is 131 Å². The lowest BCUT2D eigenvalue weighted by Gasteiger charge is -2.33. The number of hydrogen-bond acceptors (Lipinski definition) is 2. The third-order valence-electron chi connectivity index (χ3n) is 5.44. The molecule has 0 aromatic heterocycles. The van der Waals surface area contributed by atoms with Crippen LogP contribution in [-0.4, -0.2) is 10.2 Å². The van der Waals surface area contributed by atoms with Crippen molar-refractivity contribution in [1.29, 1.82) is 0 Å². The highest BCUT2D eigenvalue weighted by Crippen LogP contribution is 2.56.